The maximum atomic E-state index is 11.1. The number of carbonyl (C=O) groups is 1. The summed E-state index contributed by atoms with van der Waals surface area (Å²) < 4.78 is 4.91. The van der Waals surface area contributed by atoms with E-state index in [1.807, 2.05) is 0 Å². The van der Waals surface area contributed by atoms with Crippen molar-refractivity contribution in [3.8, 4) is 0 Å². The van der Waals surface area contributed by atoms with Gasteiger partial charge in [-0.05, 0) is 12.5 Å². The van der Waals surface area contributed by atoms with Crippen LogP contribution in [0.25, 0.3) is 0 Å². The predicted molar refractivity (Wildman–Crippen MR) is 51.1 cm³/mol. The fourth-order valence-corrected chi connectivity index (χ4v) is 0.908. The number of carbonyl (C=O) groups excluding carboxylic acids is 1. The molecule has 0 unspecified atom stereocenters. The van der Waals surface area contributed by atoms with E-state index in [9.17, 15) is 4.79 Å². The Hall–Kier alpha value is -1.16. The molecule has 72 valence electrons. The van der Waals surface area contributed by atoms with E-state index in [0.717, 1.165) is 6.42 Å². The zero-order valence-corrected chi connectivity index (χ0v) is 7.80. The van der Waals surface area contributed by atoms with Crippen molar-refractivity contribution in [3.05, 3.63) is 18.4 Å². The molecule has 1 aromatic rings. The maximum absolute atomic E-state index is 11.1. The first-order valence-corrected chi connectivity index (χ1v) is 4.50. The van der Waals surface area contributed by atoms with Crippen LogP contribution in [0.5, 0.6) is 0 Å². The summed E-state index contributed by atoms with van der Waals surface area (Å²) in [5.74, 6) is 0.976. The molecule has 0 fully saturated rings. The molecule has 0 aromatic carbocycles. The molecule has 0 radical (unpaired) electrons. The summed E-state index contributed by atoms with van der Waals surface area (Å²) in [5.41, 5.74) is 0. The molecule has 2 amide bonds. The van der Waals surface area contributed by atoms with Gasteiger partial charge in [-0.3, -0.25) is 5.32 Å². The normalized spacial score (nSPS) is 9.62. The van der Waals surface area contributed by atoms with Gasteiger partial charge in [-0.15, -0.1) is 11.6 Å². The third kappa shape index (κ3) is 3.85. The number of furan rings is 1. The number of amides is 2. The quantitative estimate of drug-likeness (QED) is 0.580. The van der Waals surface area contributed by atoms with Crippen molar-refractivity contribution < 1.29 is 9.21 Å². The number of nitrogens with one attached hydrogen (secondary N) is 2. The van der Waals surface area contributed by atoms with Crippen LogP contribution < -0.4 is 10.6 Å². The second-order valence-corrected chi connectivity index (χ2v) is 2.78. The number of hydrogen-bond donors (Lipinski definition) is 2. The minimum absolute atomic E-state index is 0.278. The summed E-state index contributed by atoms with van der Waals surface area (Å²) in [7, 11) is 0. The molecule has 1 rings (SSSR count). The third-order valence-electron chi connectivity index (χ3n) is 1.35. The van der Waals surface area contributed by atoms with Gasteiger partial charge in [0.2, 0.25) is 5.88 Å². The van der Waals surface area contributed by atoms with Gasteiger partial charge in [0, 0.05) is 18.5 Å². The Morgan fingerprint density at radius 3 is 3.08 bits per heavy atom. The lowest BCUT2D eigenvalue weighted by molar-refractivity contribution is 0.251. The lowest BCUT2D eigenvalue weighted by Gasteiger charge is -2.03. The van der Waals surface area contributed by atoms with Crippen LogP contribution in [0.15, 0.2) is 22.8 Å². The summed E-state index contributed by atoms with van der Waals surface area (Å²) in [6.07, 6.45) is 2.25. The van der Waals surface area contributed by atoms with E-state index in [0.29, 0.717) is 18.3 Å². The summed E-state index contributed by atoms with van der Waals surface area (Å²) in [6.45, 7) is 0.566. The molecule has 0 atom stereocenters. The standard InChI is InChI=1S/C8H11ClN2O2/c9-4-2-5-10-8(12)11-7-3-1-6-13-7/h1,3,6H,2,4-5H2,(H2,10,11,12). The molecule has 0 aliphatic rings. The number of alkyl halides is 1. The zero-order valence-electron chi connectivity index (χ0n) is 7.05. The highest BCUT2D eigenvalue weighted by Gasteiger charge is 2.01. The molecule has 5 heteroatoms. The van der Waals surface area contributed by atoms with Gasteiger partial charge in [0.1, 0.15) is 0 Å². The van der Waals surface area contributed by atoms with Crippen LogP contribution in [-0.4, -0.2) is 18.5 Å². The molecule has 0 spiro atoms. The van der Waals surface area contributed by atoms with E-state index in [2.05, 4.69) is 10.6 Å². The van der Waals surface area contributed by atoms with Gasteiger partial charge in [0.25, 0.3) is 0 Å². The van der Waals surface area contributed by atoms with Gasteiger partial charge in [-0.1, -0.05) is 0 Å². The Balaban J connectivity index is 2.18. The molecular formula is C8H11ClN2O2. The average Bonchev–Trinajstić information content (AvgIpc) is 2.57. The molecule has 1 heterocycles. The number of anilines is 1. The SMILES string of the molecule is O=C(NCCCCl)Nc1ccco1. The van der Waals surface area contributed by atoms with Crippen LogP contribution in [0.3, 0.4) is 0 Å². The zero-order chi connectivity index (χ0) is 9.52. The molecule has 0 aliphatic heterocycles. The molecule has 13 heavy (non-hydrogen) atoms. The summed E-state index contributed by atoms with van der Waals surface area (Å²) in [5, 5.41) is 5.15. The Kier molecular flexibility index (Phi) is 4.18. The average molecular weight is 203 g/mol. The van der Waals surface area contributed by atoms with Crippen LogP contribution in [-0.2, 0) is 0 Å². The van der Waals surface area contributed by atoms with Crippen molar-refractivity contribution in [3.63, 3.8) is 0 Å². The first kappa shape index (κ1) is 9.92. The van der Waals surface area contributed by atoms with E-state index in [1.165, 1.54) is 6.26 Å². The van der Waals surface area contributed by atoms with Gasteiger partial charge in [0.05, 0.1) is 6.26 Å². The van der Waals surface area contributed by atoms with Gasteiger partial charge in [0.15, 0.2) is 0 Å². The fraction of sp³-hybridized carbons (Fsp3) is 0.375. The van der Waals surface area contributed by atoms with E-state index >= 15 is 0 Å². The monoisotopic (exact) mass is 202 g/mol. The summed E-state index contributed by atoms with van der Waals surface area (Å²) in [4.78, 5) is 11.1. The van der Waals surface area contributed by atoms with E-state index < -0.39 is 0 Å². The Bertz CT molecular complexity index is 249. The van der Waals surface area contributed by atoms with Gasteiger partial charge < -0.3 is 9.73 Å². The third-order valence-corrected chi connectivity index (χ3v) is 1.62. The van der Waals surface area contributed by atoms with Crippen molar-refractivity contribution in [2.45, 2.75) is 6.42 Å². The Labute approximate surface area is 81.3 Å². The topological polar surface area (TPSA) is 54.3 Å². The van der Waals surface area contributed by atoms with Gasteiger partial charge in [-0.2, -0.15) is 0 Å². The van der Waals surface area contributed by atoms with Crippen LogP contribution in [0, 0.1) is 0 Å². The highest BCUT2D eigenvalue weighted by atomic mass is 35.5. The lowest BCUT2D eigenvalue weighted by atomic mass is 10.5. The van der Waals surface area contributed by atoms with E-state index in [4.69, 9.17) is 16.0 Å². The molecule has 2 N–H and O–H groups in total. The van der Waals surface area contributed by atoms with Crippen LogP contribution in [0.2, 0.25) is 0 Å². The van der Waals surface area contributed by atoms with Crippen molar-refractivity contribution in [2.24, 2.45) is 0 Å². The summed E-state index contributed by atoms with van der Waals surface area (Å²) >= 11 is 5.44. The smallest absolute Gasteiger partial charge is 0.321 e. The molecule has 1 aromatic heterocycles. The van der Waals surface area contributed by atoms with Crippen molar-refractivity contribution in [2.75, 3.05) is 17.7 Å². The largest absolute Gasteiger partial charge is 0.449 e. The fourth-order valence-electron chi connectivity index (χ4n) is 0.775. The van der Waals surface area contributed by atoms with Crippen LogP contribution in [0.1, 0.15) is 6.42 Å². The molecule has 0 bridgehead atoms. The number of urea groups is 1. The van der Waals surface area contributed by atoms with Gasteiger partial charge in [-0.25, -0.2) is 4.79 Å². The van der Waals surface area contributed by atoms with Gasteiger partial charge >= 0.3 is 6.03 Å². The second kappa shape index (κ2) is 5.48. The van der Waals surface area contributed by atoms with Crippen LogP contribution in [0.4, 0.5) is 10.7 Å². The minimum atomic E-state index is -0.278. The van der Waals surface area contributed by atoms with Crippen molar-refractivity contribution in [1.29, 1.82) is 0 Å². The highest BCUT2D eigenvalue weighted by Crippen LogP contribution is 2.05. The molecule has 0 aliphatic carbocycles. The second-order valence-electron chi connectivity index (χ2n) is 2.40. The number of rotatable bonds is 4. The van der Waals surface area contributed by atoms with Crippen LogP contribution >= 0.6 is 11.6 Å². The van der Waals surface area contributed by atoms with Crippen molar-refractivity contribution >= 4 is 23.5 Å². The Morgan fingerprint density at radius 1 is 1.62 bits per heavy atom. The predicted octanol–water partition coefficient (Wildman–Crippen LogP) is 2.03. The minimum Gasteiger partial charge on any atom is -0.449 e. The summed E-state index contributed by atoms with van der Waals surface area (Å²) in [6, 6.07) is 3.09. The first-order chi connectivity index (χ1) is 6.33. The molecule has 0 saturated carbocycles. The molecule has 4 nitrogen and oxygen atoms in total. The lowest BCUT2D eigenvalue weighted by Crippen LogP contribution is -2.29. The maximum Gasteiger partial charge on any atom is 0.321 e. The van der Waals surface area contributed by atoms with E-state index in [1.54, 1.807) is 12.1 Å². The first-order valence-electron chi connectivity index (χ1n) is 3.97. The Morgan fingerprint density at radius 2 is 2.46 bits per heavy atom. The number of hydrogen-bond acceptors (Lipinski definition) is 2. The highest BCUT2D eigenvalue weighted by molar-refractivity contribution is 6.17. The molecular weight excluding hydrogens is 192 g/mol. The molecule has 0 saturated heterocycles. The van der Waals surface area contributed by atoms with E-state index in [-0.39, 0.29) is 6.03 Å². The van der Waals surface area contributed by atoms with Crippen molar-refractivity contribution in [1.82, 2.24) is 5.32 Å². The number of halogens is 1.